The molecule has 2 aliphatic rings. The number of carbonyl (C=O) groups is 1. The summed E-state index contributed by atoms with van der Waals surface area (Å²) in [4.78, 5) is 15.7. The molecule has 2 N–H and O–H groups in total. The van der Waals surface area contributed by atoms with Crippen LogP contribution in [0.3, 0.4) is 0 Å². The van der Waals surface area contributed by atoms with Crippen LogP contribution in [0.5, 0.6) is 0 Å². The van der Waals surface area contributed by atoms with Crippen LogP contribution in [0.1, 0.15) is 41.6 Å². The number of hydrogen-bond acceptors (Lipinski definition) is 3. The fourth-order valence-electron chi connectivity index (χ4n) is 6.00. The van der Waals surface area contributed by atoms with Gasteiger partial charge in [0.1, 0.15) is 11.9 Å². The van der Waals surface area contributed by atoms with Crippen molar-refractivity contribution in [2.75, 3.05) is 0 Å². The molecule has 2 aliphatic heterocycles. The Morgan fingerprint density at radius 2 is 1.56 bits per heavy atom. The second-order valence-electron chi connectivity index (χ2n) is 9.96. The average Bonchev–Trinajstić information content (AvgIpc) is 3.18. The van der Waals surface area contributed by atoms with Crippen molar-refractivity contribution in [1.82, 2.24) is 4.90 Å². The molecule has 3 atom stereocenters. The Kier molecular flexibility index (Phi) is 5.55. The first-order valence-corrected chi connectivity index (χ1v) is 12.4. The third kappa shape index (κ3) is 3.84. The summed E-state index contributed by atoms with van der Waals surface area (Å²) in [5, 5.41) is 11.4. The number of fused-ring (bicyclic) bond motifs is 3. The minimum atomic E-state index is -0.570. The highest BCUT2D eigenvalue weighted by Gasteiger charge is 2.42. The normalized spacial score (nSPS) is 20.9. The van der Waals surface area contributed by atoms with Crippen LogP contribution in [0, 0.1) is 17.1 Å². The van der Waals surface area contributed by atoms with Crippen LogP contribution >= 0.6 is 0 Å². The predicted octanol–water partition coefficient (Wildman–Crippen LogP) is 6.28. The van der Waals surface area contributed by atoms with Gasteiger partial charge < -0.3 is 10.6 Å². The van der Waals surface area contributed by atoms with Crippen LogP contribution in [-0.4, -0.2) is 28.9 Å². The van der Waals surface area contributed by atoms with E-state index in [1.54, 1.807) is 6.07 Å². The summed E-state index contributed by atoms with van der Waals surface area (Å²) in [7, 11) is 0. The zero-order valence-corrected chi connectivity index (χ0v) is 19.8. The maximum Gasteiger partial charge on any atom is 0.254 e. The van der Waals surface area contributed by atoms with Crippen LogP contribution in [0.15, 0.2) is 78.9 Å². The molecule has 178 valence electrons. The van der Waals surface area contributed by atoms with Crippen molar-refractivity contribution in [1.29, 1.82) is 5.26 Å². The van der Waals surface area contributed by atoms with Crippen molar-refractivity contribution >= 4 is 16.7 Å². The molecule has 2 fully saturated rings. The van der Waals surface area contributed by atoms with Gasteiger partial charge in [-0.25, -0.2) is 4.39 Å². The lowest BCUT2D eigenvalue weighted by Crippen LogP contribution is -2.50. The average molecular weight is 476 g/mol. The fourth-order valence-corrected chi connectivity index (χ4v) is 6.00. The van der Waals surface area contributed by atoms with Crippen LogP contribution in [0.4, 0.5) is 4.39 Å². The molecule has 6 rings (SSSR count). The maximum atomic E-state index is 14.7. The molecule has 1 amide bonds. The number of rotatable bonds is 3. The Morgan fingerprint density at radius 3 is 2.28 bits per heavy atom. The van der Waals surface area contributed by atoms with Gasteiger partial charge in [0.2, 0.25) is 0 Å². The Balaban J connectivity index is 1.47. The molecule has 4 aromatic rings. The summed E-state index contributed by atoms with van der Waals surface area (Å²) in [6.45, 7) is 0. The number of carbonyl (C=O) groups excluding carboxylic acids is 1. The highest BCUT2D eigenvalue weighted by Crippen LogP contribution is 2.39. The van der Waals surface area contributed by atoms with Crippen molar-refractivity contribution in [3.8, 4) is 28.3 Å². The number of nitrogens with two attached hydrogens (primary N) is 1. The molecular weight excluding hydrogens is 449 g/mol. The summed E-state index contributed by atoms with van der Waals surface area (Å²) >= 11 is 0. The lowest BCUT2D eigenvalue weighted by atomic mass is 9.90. The zero-order valence-electron chi connectivity index (χ0n) is 19.8. The Labute approximate surface area is 209 Å². The molecule has 2 heterocycles. The topological polar surface area (TPSA) is 70.1 Å². The van der Waals surface area contributed by atoms with Gasteiger partial charge in [-0.2, -0.15) is 5.26 Å². The Hall–Kier alpha value is -4.01. The number of hydrogen-bond donors (Lipinski definition) is 1. The monoisotopic (exact) mass is 475 g/mol. The van der Waals surface area contributed by atoms with Crippen LogP contribution < -0.4 is 5.73 Å². The summed E-state index contributed by atoms with van der Waals surface area (Å²) in [6, 6.07) is 27.1. The van der Waals surface area contributed by atoms with Gasteiger partial charge in [0.25, 0.3) is 5.91 Å². The van der Waals surface area contributed by atoms with E-state index in [0.29, 0.717) is 11.1 Å². The number of nitrogens with zero attached hydrogens (tertiary/aromatic N) is 2. The lowest BCUT2D eigenvalue weighted by molar-refractivity contribution is 0.0575. The van der Waals surface area contributed by atoms with Gasteiger partial charge in [-0.05, 0) is 89.0 Å². The summed E-state index contributed by atoms with van der Waals surface area (Å²) < 4.78 is 14.7. The van der Waals surface area contributed by atoms with E-state index in [4.69, 9.17) is 5.73 Å². The van der Waals surface area contributed by atoms with Gasteiger partial charge in [-0.3, -0.25) is 4.79 Å². The van der Waals surface area contributed by atoms with Crippen molar-refractivity contribution in [2.24, 2.45) is 5.73 Å². The van der Waals surface area contributed by atoms with E-state index in [0.717, 1.165) is 53.1 Å². The number of amides is 1. The van der Waals surface area contributed by atoms with E-state index >= 15 is 0 Å². The summed E-state index contributed by atoms with van der Waals surface area (Å²) in [5.41, 5.74) is 10.1. The van der Waals surface area contributed by atoms with Crippen LogP contribution in [0.2, 0.25) is 0 Å². The number of nitriles is 1. The van der Waals surface area contributed by atoms with Crippen LogP contribution in [0.25, 0.3) is 33.0 Å². The van der Waals surface area contributed by atoms with Gasteiger partial charge in [-0.15, -0.1) is 0 Å². The molecule has 4 aromatic carbocycles. The highest BCUT2D eigenvalue weighted by atomic mass is 19.1. The van der Waals surface area contributed by atoms with E-state index < -0.39 is 5.82 Å². The molecule has 4 nitrogen and oxygen atoms in total. The number of benzene rings is 4. The van der Waals surface area contributed by atoms with E-state index in [1.807, 2.05) is 41.3 Å². The summed E-state index contributed by atoms with van der Waals surface area (Å²) in [5.74, 6) is -0.561. The third-order valence-corrected chi connectivity index (χ3v) is 7.73. The van der Waals surface area contributed by atoms with Crippen molar-refractivity contribution in [3.05, 3.63) is 95.8 Å². The van der Waals surface area contributed by atoms with E-state index in [9.17, 15) is 14.4 Å². The van der Waals surface area contributed by atoms with Gasteiger partial charge in [-0.1, -0.05) is 48.5 Å². The van der Waals surface area contributed by atoms with Gasteiger partial charge in [0, 0.05) is 23.7 Å². The smallest absolute Gasteiger partial charge is 0.254 e. The van der Waals surface area contributed by atoms with Gasteiger partial charge in [0.05, 0.1) is 5.56 Å². The molecule has 5 heteroatoms. The second-order valence-corrected chi connectivity index (χ2v) is 9.96. The molecule has 0 aliphatic carbocycles. The van der Waals surface area contributed by atoms with E-state index in [1.165, 1.54) is 12.1 Å². The van der Waals surface area contributed by atoms with Crippen molar-refractivity contribution in [2.45, 2.75) is 43.8 Å². The van der Waals surface area contributed by atoms with Crippen molar-refractivity contribution < 1.29 is 9.18 Å². The first kappa shape index (κ1) is 22.5. The zero-order chi connectivity index (χ0) is 24.8. The molecule has 1 unspecified atom stereocenters. The third-order valence-electron chi connectivity index (χ3n) is 7.73. The predicted molar refractivity (Wildman–Crippen MR) is 140 cm³/mol. The van der Waals surface area contributed by atoms with E-state index in [-0.39, 0.29) is 29.6 Å². The first-order valence-electron chi connectivity index (χ1n) is 12.4. The standard InChI is InChI=1S/C31H26FN3O/c32-30-15-22(7-8-24(30)18-33)29-14-23(31(36)35-26-10-11-27(35)17-25(34)16-26)9-12-28(29)21-6-5-19-3-1-2-4-20(19)13-21/h1-9,12-15,25-27H,10-11,16-17,34H2/t25?,26-,27+. The second kappa shape index (κ2) is 8.89. The molecule has 0 spiro atoms. The lowest BCUT2D eigenvalue weighted by Gasteiger charge is -2.38. The first-order chi connectivity index (χ1) is 17.5. The highest BCUT2D eigenvalue weighted by molar-refractivity contribution is 5.99. The van der Waals surface area contributed by atoms with E-state index in [2.05, 4.69) is 30.3 Å². The van der Waals surface area contributed by atoms with Crippen LogP contribution in [-0.2, 0) is 0 Å². The Bertz CT molecular complexity index is 1520. The summed E-state index contributed by atoms with van der Waals surface area (Å²) in [6.07, 6.45) is 3.66. The molecular formula is C31H26FN3O. The molecule has 2 saturated heterocycles. The molecule has 0 aromatic heterocycles. The quantitative estimate of drug-likeness (QED) is 0.379. The fraction of sp³-hybridized carbons (Fsp3) is 0.226. The maximum absolute atomic E-state index is 14.7. The SMILES string of the molecule is N#Cc1ccc(-c2cc(C(=O)N3[C@@H]4CC[C@H]3CC(N)C4)ccc2-c2ccc3ccccc3c2)cc1F. The van der Waals surface area contributed by atoms with Gasteiger partial charge >= 0.3 is 0 Å². The molecule has 0 saturated carbocycles. The molecule has 2 bridgehead atoms. The molecule has 36 heavy (non-hydrogen) atoms. The minimum Gasteiger partial charge on any atom is -0.333 e. The number of piperidine rings is 1. The van der Waals surface area contributed by atoms with Gasteiger partial charge in [0.15, 0.2) is 0 Å². The minimum absolute atomic E-state index is 0.000494. The largest absolute Gasteiger partial charge is 0.333 e. The Morgan fingerprint density at radius 1 is 0.861 bits per heavy atom. The molecule has 0 radical (unpaired) electrons. The number of halogens is 1. The van der Waals surface area contributed by atoms with Crippen molar-refractivity contribution in [3.63, 3.8) is 0 Å².